The number of nitrogens with one attached hydrogen (secondary N) is 1. The molecule has 3 atom stereocenters. The Hall–Kier alpha value is -2.86. The largest absolute Gasteiger partial charge is 0.352 e. The van der Waals surface area contributed by atoms with Gasteiger partial charge >= 0.3 is 6.03 Å². The van der Waals surface area contributed by atoms with E-state index in [1.807, 2.05) is 41.3 Å². The number of hydrogen-bond acceptors (Lipinski definition) is 3. The average molecular weight is 407 g/mol. The van der Waals surface area contributed by atoms with E-state index in [0.717, 1.165) is 31.5 Å². The van der Waals surface area contributed by atoms with Gasteiger partial charge in [-0.15, -0.1) is 0 Å². The van der Waals surface area contributed by atoms with E-state index in [0.29, 0.717) is 25.0 Å². The quantitative estimate of drug-likeness (QED) is 0.774. The van der Waals surface area contributed by atoms with Crippen molar-refractivity contribution in [2.45, 2.75) is 50.4 Å². The van der Waals surface area contributed by atoms with Crippen LogP contribution in [0.15, 0.2) is 60.7 Å². The first-order valence-corrected chi connectivity index (χ1v) is 10.8. The molecule has 2 aromatic rings. The van der Waals surface area contributed by atoms with Crippen LogP contribution in [0.4, 0.5) is 4.79 Å². The van der Waals surface area contributed by atoms with E-state index in [1.54, 1.807) is 0 Å². The van der Waals surface area contributed by atoms with Gasteiger partial charge in [-0.05, 0) is 30.4 Å². The molecule has 158 valence electrons. The fraction of sp³-hybridized carbons (Fsp3) is 0.417. The highest BCUT2D eigenvalue weighted by Crippen LogP contribution is 2.32. The number of benzene rings is 2. The predicted octanol–water partition coefficient (Wildman–Crippen LogP) is 2.53. The van der Waals surface area contributed by atoms with Crippen molar-refractivity contribution in [2.75, 3.05) is 13.1 Å². The van der Waals surface area contributed by atoms with E-state index in [9.17, 15) is 9.59 Å². The highest BCUT2D eigenvalue weighted by atomic mass is 16.2. The summed E-state index contributed by atoms with van der Waals surface area (Å²) in [6, 6.07) is 19.8. The highest BCUT2D eigenvalue weighted by Gasteiger charge is 2.39. The van der Waals surface area contributed by atoms with Crippen LogP contribution in [0.25, 0.3) is 0 Å². The normalized spacial score (nSPS) is 22.3. The van der Waals surface area contributed by atoms with E-state index < -0.39 is 12.1 Å². The van der Waals surface area contributed by atoms with Crippen molar-refractivity contribution in [3.8, 4) is 0 Å². The Balaban J connectivity index is 1.46. The first-order chi connectivity index (χ1) is 14.6. The second kappa shape index (κ2) is 9.30. The summed E-state index contributed by atoms with van der Waals surface area (Å²) < 4.78 is 0. The zero-order valence-corrected chi connectivity index (χ0v) is 17.2. The van der Waals surface area contributed by atoms with E-state index in [1.165, 1.54) is 12.0 Å². The lowest BCUT2D eigenvalue weighted by Gasteiger charge is -2.30. The average Bonchev–Trinajstić information content (AvgIpc) is 3.01. The number of amides is 3. The van der Waals surface area contributed by atoms with Crippen molar-refractivity contribution >= 4 is 11.9 Å². The maximum Gasteiger partial charge on any atom is 0.312 e. The zero-order valence-electron chi connectivity index (χ0n) is 17.2. The molecule has 0 aliphatic carbocycles. The van der Waals surface area contributed by atoms with Crippen LogP contribution in [-0.2, 0) is 17.8 Å². The second-order valence-corrected chi connectivity index (χ2v) is 8.37. The summed E-state index contributed by atoms with van der Waals surface area (Å²) in [5.41, 5.74) is 7.70. The van der Waals surface area contributed by atoms with Gasteiger partial charge in [-0.2, -0.15) is 0 Å². The molecule has 0 radical (unpaired) electrons. The molecule has 3 amide bonds. The number of primary amides is 1. The minimum Gasteiger partial charge on any atom is -0.352 e. The van der Waals surface area contributed by atoms with Crippen LogP contribution in [0.1, 0.15) is 30.4 Å². The van der Waals surface area contributed by atoms with Crippen LogP contribution < -0.4 is 11.1 Å². The van der Waals surface area contributed by atoms with Crippen LogP contribution in [0.5, 0.6) is 0 Å². The van der Waals surface area contributed by atoms with Gasteiger partial charge in [0.1, 0.15) is 6.04 Å². The SMILES string of the molecule is NC(=O)NC(Cc1ccccc1)C(=O)N1CCC2CCC(C1)N2Cc1ccccc1. The monoisotopic (exact) mass is 406 g/mol. The third kappa shape index (κ3) is 4.82. The van der Waals surface area contributed by atoms with Crippen molar-refractivity contribution in [1.29, 1.82) is 0 Å². The lowest BCUT2D eigenvalue weighted by molar-refractivity contribution is -0.133. The van der Waals surface area contributed by atoms with Crippen LogP contribution in [0.3, 0.4) is 0 Å². The predicted molar refractivity (Wildman–Crippen MR) is 117 cm³/mol. The Bertz CT molecular complexity index is 858. The summed E-state index contributed by atoms with van der Waals surface area (Å²) in [5.74, 6) is -0.0372. The molecule has 0 saturated carbocycles. The number of carbonyl (C=O) groups excluding carboxylic acids is 2. The van der Waals surface area contributed by atoms with Gasteiger partial charge in [-0.1, -0.05) is 60.7 Å². The fourth-order valence-electron chi connectivity index (χ4n) is 4.87. The molecule has 2 fully saturated rings. The number of nitrogens with zero attached hydrogens (tertiary/aromatic N) is 2. The molecule has 2 aromatic carbocycles. The van der Waals surface area contributed by atoms with Gasteiger partial charge in [0.05, 0.1) is 0 Å². The third-order valence-corrected chi connectivity index (χ3v) is 6.35. The Morgan fingerprint density at radius 1 is 0.933 bits per heavy atom. The highest BCUT2D eigenvalue weighted by molar-refractivity contribution is 5.87. The fourth-order valence-corrected chi connectivity index (χ4v) is 4.87. The Labute approximate surface area is 178 Å². The molecule has 2 saturated heterocycles. The number of urea groups is 1. The molecule has 6 heteroatoms. The van der Waals surface area contributed by atoms with E-state index >= 15 is 0 Å². The molecule has 2 bridgehead atoms. The first-order valence-electron chi connectivity index (χ1n) is 10.8. The minimum absolute atomic E-state index is 0.0372. The van der Waals surface area contributed by atoms with Gasteiger partial charge in [0.25, 0.3) is 0 Å². The standard InChI is InChI=1S/C24H30N4O2/c25-24(30)26-22(15-18-7-3-1-4-8-18)23(29)27-14-13-20-11-12-21(17-27)28(20)16-19-9-5-2-6-10-19/h1-10,20-22H,11-17H2,(H3,25,26,30). The molecule has 4 rings (SSSR count). The Morgan fingerprint density at radius 2 is 1.57 bits per heavy atom. The number of carbonyl (C=O) groups is 2. The Morgan fingerprint density at radius 3 is 2.23 bits per heavy atom. The van der Waals surface area contributed by atoms with Crippen molar-refractivity contribution in [3.05, 3.63) is 71.8 Å². The van der Waals surface area contributed by atoms with Gasteiger partial charge in [0, 0.05) is 38.1 Å². The molecule has 3 N–H and O–H groups in total. The van der Waals surface area contributed by atoms with E-state index in [2.05, 4.69) is 34.5 Å². The third-order valence-electron chi connectivity index (χ3n) is 6.35. The molecule has 0 aromatic heterocycles. The van der Waals surface area contributed by atoms with E-state index in [-0.39, 0.29) is 5.91 Å². The molecular weight excluding hydrogens is 376 g/mol. The van der Waals surface area contributed by atoms with Crippen molar-refractivity contribution < 1.29 is 9.59 Å². The smallest absolute Gasteiger partial charge is 0.312 e. The minimum atomic E-state index is -0.661. The molecule has 0 spiro atoms. The zero-order chi connectivity index (χ0) is 20.9. The van der Waals surface area contributed by atoms with Crippen molar-refractivity contribution in [1.82, 2.24) is 15.1 Å². The Kier molecular flexibility index (Phi) is 6.33. The van der Waals surface area contributed by atoms with Crippen LogP contribution in [-0.4, -0.2) is 53.0 Å². The summed E-state index contributed by atoms with van der Waals surface area (Å²) in [4.78, 5) is 29.4. The van der Waals surface area contributed by atoms with Crippen LogP contribution >= 0.6 is 0 Å². The number of hydrogen-bond donors (Lipinski definition) is 2. The maximum absolute atomic E-state index is 13.4. The molecule has 2 aliphatic rings. The summed E-state index contributed by atoms with van der Waals surface area (Å²) >= 11 is 0. The lowest BCUT2D eigenvalue weighted by atomic mass is 10.0. The van der Waals surface area contributed by atoms with Gasteiger partial charge in [-0.25, -0.2) is 4.79 Å². The van der Waals surface area contributed by atoms with Crippen LogP contribution in [0.2, 0.25) is 0 Å². The second-order valence-electron chi connectivity index (χ2n) is 8.37. The van der Waals surface area contributed by atoms with E-state index in [4.69, 9.17) is 5.73 Å². The summed E-state index contributed by atoms with van der Waals surface area (Å²) in [5, 5.41) is 2.67. The van der Waals surface area contributed by atoms with Crippen molar-refractivity contribution in [3.63, 3.8) is 0 Å². The lowest BCUT2D eigenvalue weighted by Crippen LogP contribution is -2.52. The maximum atomic E-state index is 13.4. The summed E-state index contributed by atoms with van der Waals surface area (Å²) in [6.07, 6.45) is 3.70. The summed E-state index contributed by atoms with van der Waals surface area (Å²) in [6.45, 7) is 2.34. The van der Waals surface area contributed by atoms with Gasteiger partial charge in [0.2, 0.25) is 5.91 Å². The van der Waals surface area contributed by atoms with Crippen LogP contribution in [0, 0.1) is 0 Å². The molecule has 6 nitrogen and oxygen atoms in total. The molecule has 3 unspecified atom stereocenters. The molecule has 2 aliphatic heterocycles. The molecular formula is C24H30N4O2. The molecule has 30 heavy (non-hydrogen) atoms. The number of nitrogens with two attached hydrogens (primary N) is 1. The molecule has 2 heterocycles. The van der Waals surface area contributed by atoms with Gasteiger partial charge < -0.3 is 16.0 Å². The van der Waals surface area contributed by atoms with Gasteiger partial charge in [-0.3, -0.25) is 9.69 Å². The van der Waals surface area contributed by atoms with Crippen molar-refractivity contribution in [2.24, 2.45) is 5.73 Å². The van der Waals surface area contributed by atoms with Gasteiger partial charge in [0.15, 0.2) is 0 Å². The first kappa shape index (κ1) is 20.4. The number of likely N-dealkylation sites (tertiary alicyclic amines) is 1. The summed E-state index contributed by atoms with van der Waals surface area (Å²) in [7, 11) is 0. The number of fused-ring (bicyclic) bond motifs is 2. The number of rotatable bonds is 6. The topological polar surface area (TPSA) is 78.7 Å².